The number of aryl methyl sites for hydroxylation is 3. The molecule has 0 atom stereocenters. The predicted octanol–water partition coefficient (Wildman–Crippen LogP) is 2.99. The summed E-state index contributed by atoms with van der Waals surface area (Å²) >= 11 is 0. The van der Waals surface area contributed by atoms with Gasteiger partial charge < -0.3 is 10.9 Å². The second-order valence-corrected chi connectivity index (χ2v) is 4.17. The van der Waals surface area contributed by atoms with E-state index in [1.54, 1.807) is 18.3 Å². The normalized spacial score (nSPS) is 16.4. The van der Waals surface area contributed by atoms with E-state index in [4.69, 9.17) is 18.1 Å². The average molecular weight is 319 g/mol. The minimum Gasteiger partial charge on any atom is -0.619 e. The number of hydrogen-bond donors (Lipinski definition) is 1. The highest BCUT2D eigenvalue weighted by molar-refractivity contribution is 5.28. The summed E-state index contributed by atoms with van der Waals surface area (Å²) in [6.07, 6.45) is 6.47. The van der Waals surface area contributed by atoms with Gasteiger partial charge in [0.1, 0.15) is 5.82 Å². The quantitative estimate of drug-likeness (QED) is 0.510. The number of rotatable bonds is 0. The lowest BCUT2D eigenvalue weighted by molar-refractivity contribution is -0.605. The number of nitrogens with zero attached hydrogens (tertiary/aromatic N) is 3. The third-order valence-corrected chi connectivity index (χ3v) is 2.22. The van der Waals surface area contributed by atoms with E-state index in [-0.39, 0.29) is 16.7 Å². The number of anilines is 1. The summed E-state index contributed by atoms with van der Waals surface area (Å²) in [5.41, 5.74) is 5.84. The van der Waals surface area contributed by atoms with Gasteiger partial charge in [0, 0.05) is 42.6 Å². The Balaban J connectivity index is 0.000000240. The van der Waals surface area contributed by atoms with Crippen molar-refractivity contribution in [2.45, 2.75) is 20.6 Å². The molecular formula is C18H22N4O. The topological polar surface area (TPSA) is 78.7 Å². The smallest absolute Gasteiger partial charge is 0.183 e. The fraction of sp³-hybridized carbons (Fsp3) is 0.167. The van der Waals surface area contributed by atoms with Gasteiger partial charge in [-0.15, -0.1) is 0 Å². The van der Waals surface area contributed by atoms with Gasteiger partial charge in [0.2, 0.25) is 0 Å². The predicted molar refractivity (Wildman–Crippen MR) is 92.5 cm³/mol. The van der Waals surface area contributed by atoms with Gasteiger partial charge in [0.05, 0.1) is 0 Å². The van der Waals surface area contributed by atoms with Gasteiger partial charge in [-0.25, -0.2) is 4.98 Å². The zero-order valence-electron chi connectivity index (χ0n) is 21.2. The molecule has 5 nitrogen and oxygen atoms in total. The maximum Gasteiger partial charge on any atom is 0.183 e. The highest BCUT2D eigenvalue weighted by Gasteiger charge is 1.85. The molecule has 0 unspecified atom stereocenters. The average Bonchev–Trinajstić information content (AvgIpc) is 2.68. The van der Waals surface area contributed by atoms with Crippen molar-refractivity contribution in [3.8, 4) is 0 Å². The van der Waals surface area contributed by atoms with Crippen LogP contribution in [0.4, 0.5) is 5.82 Å². The lowest BCUT2D eigenvalue weighted by Gasteiger charge is -1.92. The van der Waals surface area contributed by atoms with E-state index in [0.29, 0.717) is 10.5 Å². The highest BCUT2D eigenvalue weighted by Crippen LogP contribution is 1.97. The zero-order chi connectivity index (χ0) is 24.6. The van der Waals surface area contributed by atoms with Crippen molar-refractivity contribution in [1.82, 2.24) is 9.97 Å². The Bertz CT molecular complexity index is 957. The summed E-state index contributed by atoms with van der Waals surface area (Å²) in [5.74, 6) is 0.331. The van der Waals surface area contributed by atoms with E-state index in [1.165, 1.54) is 42.9 Å². The van der Waals surface area contributed by atoms with Crippen molar-refractivity contribution in [2.75, 3.05) is 5.73 Å². The molecule has 5 heteroatoms. The minimum atomic E-state index is -2.19. The molecule has 0 saturated heterocycles. The van der Waals surface area contributed by atoms with Crippen molar-refractivity contribution >= 4 is 5.82 Å². The van der Waals surface area contributed by atoms with Gasteiger partial charge >= 0.3 is 0 Å². The molecule has 3 aromatic heterocycles. The molecule has 3 rings (SSSR count). The first kappa shape index (κ1) is 8.62. The summed E-state index contributed by atoms with van der Waals surface area (Å²) in [6, 6.07) is 8.90. The first-order chi connectivity index (χ1) is 14.6. The summed E-state index contributed by atoms with van der Waals surface area (Å²) in [6.45, 7) is -6.29. The molecule has 0 aliphatic carbocycles. The standard InChI is InChI=1S/C6H8N2.C6H7NO.C6H7N/c1-5-2-3-6(7)8-4-5;1-6-3-2-4-7(8)5-6;1-6-3-2-4-7-5-6/h2-4H,1H3,(H2,7,8);2-5H,1H3;2-5H,1H3/i3*1D3. The van der Waals surface area contributed by atoms with E-state index >= 15 is 0 Å². The molecule has 0 saturated carbocycles. The second-order valence-electron chi connectivity index (χ2n) is 4.17. The molecule has 0 amide bonds. The summed E-state index contributed by atoms with van der Waals surface area (Å²) in [5, 5.41) is 10.6. The van der Waals surface area contributed by atoms with Gasteiger partial charge in [-0.1, -0.05) is 12.1 Å². The van der Waals surface area contributed by atoms with Crippen LogP contribution in [0.2, 0.25) is 0 Å². The Labute approximate surface area is 149 Å². The molecular weight excluding hydrogens is 288 g/mol. The molecule has 0 spiro atoms. The van der Waals surface area contributed by atoms with Gasteiger partial charge in [-0.3, -0.25) is 4.98 Å². The number of nitrogen functional groups attached to an aromatic ring is 1. The van der Waals surface area contributed by atoms with Crippen LogP contribution >= 0.6 is 0 Å². The second kappa shape index (κ2) is 9.89. The van der Waals surface area contributed by atoms with E-state index in [0.717, 1.165) is 6.20 Å². The lowest BCUT2D eigenvalue weighted by atomic mass is 10.3. The van der Waals surface area contributed by atoms with Crippen molar-refractivity contribution in [2.24, 2.45) is 0 Å². The summed E-state index contributed by atoms with van der Waals surface area (Å²) in [7, 11) is 0. The Kier molecular flexibility index (Phi) is 3.71. The minimum absolute atomic E-state index is 0.0648. The SMILES string of the molecule is [2H]C([2H])([2H])c1ccc(N)nc1.[2H]C([2H])([2H])c1ccc[n+]([O-])c1.[2H]C([2H])([2H])c1cccnc1. The van der Waals surface area contributed by atoms with Crippen molar-refractivity contribution < 1.29 is 17.1 Å². The van der Waals surface area contributed by atoms with Crippen LogP contribution in [0, 0.1) is 25.8 Å². The van der Waals surface area contributed by atoms with E-state index < -0.39 is 20.6 Å². The Morgan fingerprint density at radius 1 is 1.00 bits per heavy atom. The number of nitrogens with two attached hydrogens (primary N) is 1. The van der Waals surface area contributed by atoms with Crippen LogP contribution in [0.1, 0.15) is 29.0 Å². The molecule has 0 radical (unpaired) electrons. The molecule has 0 fully saturated rings. The summed E-state index contributed by atoms with van der Waals surface area (Å²) in [4.78, 5) is 7.35. The van der Waals surface area contributed by atoms with Crippen molar-refractivity contribution in [3.63, 3.8) is 0 Å². The summed E-state index contributed by atoms with van der Waals surface area (Å²) < 4.78 is 63.2. The van der Waals surface area contributed by atoms with Crippen LogP contribution in [0.25, 0.3) is 0 Å². The van der Waals surface area contributed by atoms with E-state index in [9.17, 15) is 5.21 Å². The maximum absolute atomic E-state index is 10.6. The van der Waals surface area contributed by atoms with Gasteiger partial charge in [-0.2, -0.15) is 4.73 Å². The molecule has 3 aromatic rings. The molecule has 2 N–H and O–H groups in total. The van der Waals surface area contributed by atoms with Crippen LogP contribution in [-0.4, -0.2) is 9.97 Å². The van der Waals surface area contributed by atoms with Crippen LogP contribution in [0.5, 0.6) is 0 Å². The number of pyridine rings is 3. The molecule has 0 bridgehead atoms. The zero-order valence-corrected chi connectivity index (χ0v) is 12.2. The monoisotopic (exact) mass is 319 g/mol. The molecule has 23 heavy (non-hydrogen) atoms. The highest BCUT2D eigenvalue weighted by atomic mass is 16.5. The van der Waals surface area contributed by atoms with Gasteiger partial charge in [0.15, 0.2) is 12.4 Å². The largest absolute Gasteiger partial charge is 0.619 e. The number of aromatic nitrogens is 3. The first-order valence-corrected chi connectivity index (χ1v) is 6.42. The van der Waals surface area contributed by atoms with Crippen molar-refractivity contribution in [1.29, 1.82) is 0 Å². The first-order valence-electron chi connectivity index (χ1n) is 10.9. The van der Waals surface area contributed by atoms with Crippen molar-refractivity contribution in [3.05, 3.63) is 89.3 Å². The Morgan fingerprint density at radius 3 is 2.22 bits per heavy atom. The van der Waals surface area contributed by atoms with E-state index in [2.05, 4.69) is 9.97 Å². The molecule has 3 heterocycles. The fourth-order valence-electron chi connectivity index (χ4n) is 1.22. The maximum atomic E-state index is 10.6. The van der Waals surface area contributed by atoms with Crippen LogP contribution in [0.15, 0.2) is 67.4 Å². The van der Waals surface area contributed by atoms with Crippen LogP contribution in [-0.2, 0) is 0 Å². The molecule has 120 valence electrons. The third-order valence-electron chi connectivity index (χ3n) is 2.22. The number of hydrogen-bond acceptors (Lipinski definition) is 4. The molecule has 0 aromatic carbocycles. The third kappa shape index (κ3) is 8.83. The van der Waals surface area contributed by atoms with E-state index in [1.807, 2.05) is 0 Å². The lowest BCUT2D eigenvalue weighted by Crippen LogP contribution is -2.23. The van der Waals surface area contributed by atoms with Gasteiger partial charge in [-0.05, 0) is 49.9 Å². The molecule has 0 aliphatic rings. The van der Waals surface area contributed by atoms with Crippen LogP contribution in [0.3, 0.4) is 0 Å². The Morgan fingerprint density at radius 2 is 1.74 bits per heavy atom. The fourth-order valence-corrected chi connectivity index (χ4v) is 1.22. The van der Waals surface area contributed by atoms with Crippen LogP contribution < -0.4 is 10.5 Å². The van der Waals surface area contributed by atoms with Gasteiger partial charge in [0.25, 0.3) is 0 Å². The Hall–Kier alpha value is -2.95. The molecule has 0 aliphatic heterocycles.